The first kappa shape index (κ1) is 16.2. The lowest BCUT2D eigenvalue weighted by Gasteiger charge is -2.60. The fourth-order valence-electron chi connectivity index (χ4n) is 6.33. The molecule has 3 nitrogen and oxygen atoms in total. The molecule has 0 heterocycles. The van der Waals surface area contributed by atoms with Gasteiger partial charge in [0.25, 0.3) is 0 Å². The lowest BCUT2D eigenvalue weighted by Crippen LogP contribution is -2.66. The lowest BCUT2D eigenvalue weighted by atomic mass is 9.46. The average Bonchev–Trinajstić information content (AvgIpc) is 2.74. The van der Waals surface area contributed by atoms with E-state index in [4.69, 9.17) is 0 Å². The molecule has 130 valence electrons. The fourth-order valence-corrected chi connectivity index (χ4v) is 6.33. The average molecular weight is 332 g/mol. The van der Waals surface area contributed by atoms with Crippen molar-refractivity contribution in [2.24, 2.45) is 28.6 Å². The summed E-state index contributed by atoms with van der Waals surface area (Å²) in [7, 11) is 0. The van der Waals surface area contributed by atoms with Crippen LogP contribution in [0, 0.1) is 28.6 Å². The number of ketones is 2. The molecule has 24 heavy (non-hydrogen) atoms. The van der Waals surface area contributed by atoms with Crippen LogP contribution in [0.15, 0.2) is 23.8 Å². The molecule has 3 fully saturated rings. The summed E-state index contributed by atoms with van der Waals surface area (Å²) in [5.74, 6) is -0.375. The van der Waals surface area contributed by atoms with Crippen molar-refractivity contribution in [2.45, 2.75) is 58.2 Å². The van der Waals surface area contributed by atoms with Crippen LogP contribution in [0.1, 0.15) is 46.5 Å². The summed E-state index contributed by atoms with van der Waals surface area (Å²) in [5, 5.41) is 10.9. The topological polar surface area (TPSA) is 54.4 Å². The van der Waals surface area contributed by atoms with E-state index < -0.39 is 22.6 Å². The summed E-state index contributed by atoms with van der Waals surface area (Å²) in [4.78, 5) is 24.4. The number of fused-ring (bicyclic) bond motifs is 5. The zero-order valence-corrected chi connectivity index (χ0v) is 14.5. The Balaban J connectivity index is 1.84. The second-order valence-corrected chi connectivity index (χ2v) is 8.77. The molecule has 0 unspecified atom stereocenters. The minimum atomic E-state index is -1.82. The summed E-state index contributed by atoms with van der Waals surface area (Å²) >= 11 is 0. The molecule has 0 radical (unpaired) electrons. The molecule has 0 saturated heterocycles. The highest BCUT2D eigenvalue weighted by Crippen LogP contribution is 2.67. The maximum absolute atomic E-state index is 16.6. The number of carbonyl (C=O) groups excluding carboxylic acids is 2. The van der Waals surface area contributed by atoms with Gasteiger partial charge in [-0.1, -0.05) is 25.5 Å². The molecule has 0 aromatic carbocycles. The van der Waals surface area contributed by atoms with Gasteiger partial charge in [-0.15, -0.1) is 0 Å². The number of aliphatic hydroxyl groups is 1. The quantitative estimate of drug-likeness (QED) is 0.741. The molecular formula is C20H25FO3. The van der Waals surface area contributed by atoms with Crippen molar-refractivity contribution in [3.63, 3.8) is 0 Å². The summed E-state index contributed by atoms with van der Waals surface area (Å²) in [6, 6.07) is 0. The standard InChI is InChI=1S/C20H25FO3/c1-11-8-15-14-5-4-12-9-13(22)6-7-19(12,3)20(14,21)16(23)10-18(15,2)17(11)24/h6-7,9,11,14-16,23H,4-5,8,10H2,1-3H3/t11-,14-,15-,16-,18-,19-,20-/m1/s1. The van der Waals surface area contributed by atoms with E-state index in [1.807, 2.05) is 13.8 Å². The summed E-state index contributed by atoms with van der Waals surface area (Å²) in [6.07, 6.45) is 5.57. The number of hydrogen-bond donors (Lipinski definition) is 1. The summed E-state index contributed by atoms with van der Waals surface area (Å²) < 4.78 is 16.6. The van der Waals surface area contributed by atoms with Crippen LogP contribution in [0.3, 0.4) is 0 Å². The molecule has 0 aromatic heterocycles. The molecule has 0 aromatic rings. The molecule has 7 atom stereocenters. The van der Waals surface area contributed by atoms with Crippen LogP contribution in [0.5, 0.6) is 0 Å². The minimum absolute atomic E-state index is 0.0298. The number of hydrogen-bond acceptors (Lipinski definition) is 3. The highest BCUT2D eigenvalue weighted by molar-refractivity contribution is 6.01. The van der Waals surface area contributed by atoms with E-state index in [1.165, 1.54) is 6.08 Å². The van der Waals surface area contributed by atoms with Gasteiger partial charge in [-0.2, -0.15) is 0 Å². The highest BCUT2D eigenvalue weighted by Gasteiger charge is 2.71. The van der Waals surface area contributed by atoms with Crippen molar-refractivity contribution in [2.75, 3.05) is 0 Å². The molecule has 4 heteroatoms. The third kappa shape index (κ3) is 1.66. The Bertz CT molecular complexity index is 695. The number of carbonyl (C=O) groups is 2. The van der Waals surface area contributed by atoms with Crippen molar-refractivity contribution in [1.82, 2.24) is 0 Å². The Hall–Kier alpha value is -1.29. The Kier molecular flexibility index (Phi) is 3.14. The fraction of sp³-hybridized carbons (Fsp3) is 0.700. The second kappa shape index (κ2) is 4.66. The number of alkyl halides is 1. The predicted octanol–water partition coefficient (Wildman–Crippen LogP) is 3.17. The predicted molar refractivity (Wildman–Crippen MR) is 87.9 cm³/mol. The van der Waals surface area contributed by atoms with E-state index in [0.29, 0.717) is 19.3 Å². The van der Waals surface area contributed by atoms with Gasteiger partial charge in [0.2, 0.25) is 0 Å². The first-order chi connectivity index (χ1) is 11.1. The van der Waals surface area contributed by atoms with Gasteiger partial charge in [-0.05, 0) is 50.7 Å². The summed E-state index contributed by atoms with van der Waals surface area (Å²) in [6.45, 7) is 5.65. The lowest BCUT2D eigenvalue weighted by molar-refractivity contribution is -0.190. The molecule has 4 aliphatic carbocycles. The maximum Gasteiger partial charge on any atom is 0.178 e. The zero-order valence-electron chi connectivity index (χ0n) is 14.5. The molecule has 4 aliphatic rings. The van der Waals surface area contributed by atoms with Crippen molar-refractivity contribution in [3.8, 4) is 0 Å². The molecule has 0 amide bonds. The van der Waals surface area contributed by atoms with E-state index >= 15 is 4.39 Å². The molecule has 0 bridgehead atoms. The number of allylic oxidation sites excluding steroid dienone is 4. The van der Waals surface area contributed by atoms with Crippen LogP contribution in [0.25, 0.3) is 0 Å². The van der Waals surface area contributed by atoms with Gasteiger partial charge in [0.05, 0.1) is 6.10 Å². The number of Topliss-reactive ketones (excluding diaryl/α,β-unsaturated/α-hetero) is 1. The normalized spacial score (nSPS) is 53.3. The first-order valence-electron chi connectivity index (χ1n) is 9.00. The van der Waals surface area contributed by atoms with E-state index in [1.54, 1.807) is 19.1 Å². The second-order valence-electron chi connectivity index (χ2n) is 8.77. The van der Waals surface area contributed by atoms with Crippen LogP contribution in [-0.2, 0) is 9.59 Å². The molecule has 1 N–H and O–H groups in total. The highest BCUT2D eigenvalue weighted by atomic mass is 19.1. The van der Waals surface area contributed by atoms with Crippen molar-refractivity contribution < 1.29 is 19.1 Å². The maximum atomic E-state index is 16.6. The number of halogens is 1. The number of aliphatic hydroxyl groups excluding tert-OH is 1. The molecule has 0 aliphatic heterocycles. The van der Waals surface area contributed by atoms with E-state index in [2.05, 4.69) is 0 Å². The van der Waals surface area contributed by atoms with Crippen LogP contribution < -0.4 is 0 Å². The Morgan fingerprint density at radius 2 is 1.96 bits per heavy atom. The van der Waals surface area contributed by atoms with Gasteiger partial charge in [0.15, 0.2) is 11.5 Å². The Labute approximate surface area is 142 Å². The van der Waals surface area contributed by atoms with Gasteiger partial charge in [-0.3, -0.25) is 9.59 Å². The van der Waals surface area contributed by atoms with Crippen LogP contribution >= 0.6 is 0 Å². The molecule has 4 rings (SSSR count). The van der Waals surface area contributed by atoms with Crippen molar-refractivity contribution in [1.29, 1.82) is 0 Å². The Morgan fingerprint density at radius 3 is 2.67 bits per heavy atom. The third-order valence-electron chi connectivity index (χ3n) is 7.65. The SMILES string of the molecule is C[C@@H]1C[C@@H]2[C@H]3CCC4=CC(=O)C=C[C@@]4(C)[C@]3(F)[C@H](O)C[C@@]2(C)C1=O. The van der Waals surface area contributed by atoms with E-state index in [-0.39, 0.29) is 35.7 Å². The molecule has 3 saturated carbocycles. The van der Waals surface area contributed by atoms with E-state index in [0.717, 1.165) is 5.57 Å². The van der Waals surface area contributed by atoms with Crippen LogP contribution in [-0.4, -0.2) is 28.4 Å². The van der Waals surface area contributed by atoms with Crippen molar-refractivity contribution >= 4 is 11.6 Å². The zero-order chi connectivity index (χ0) is 17.5. The summed E-state index contributed by atoms with van der Waals surface area (Å²) in [5.41, 5.74) is -2.61. The van der Waals surface area contributed by atoms with Gasteiger partial charge in [0.1, 0.15) is 5.78 Å². The number of rotatable bonds is 0. The van der Waals surface area contributed by atoms with Gasteiger partial charge >= 0.3 is 0 Å². The van der Waals surface area contributed by atoms with Gasteiger partial charge in [-0.25, -0.2) is 4.39 Å². The smallest absolute Gasteiger partial charge is 0.178 e. The van der Waals surface area contributed by atoms with Gasteiger partial charge < -0.3 is 5.11 Å². The third-order valence-corrected chi connectivity index (χ3v) is 7.65. The first-order valence-corrected chi connectivity index (χ1v) is 9.00. The monoisotopic (exact) mass is 332 g/mol. The van der Waals surface area contributed by atoms with Crippen LogP contribution in [0.2, 0.25) is 0 Å². The van der Waals surface area contributed by atoms with Crippen LogP contribution in [0.4, 0.5) is 4.39 Å². The van der Waals surface area contributed by atoms with Crippen molar-refractivity contribution in [3.05, 3.63) is 23.8 Å². The van der Waals surface area contributed by atoms with E-state index in [9.17, 15) is 14.7 Å². The molecular weight excluding hydrogens is 307 g/mol. The molecule has 0 spiro atoms. The van der Waals surface area contributed by atoms with Gasteiger partial charge in [0, 0.05) is 22.7 Å². The largest absolute Gasteiger partial charge is 0.390 e. The Morgan fingerprint density at radius 1 is 1.25 bits per heavy atom. The minimum Gasteiger partial charge on any atom is -0.390 e.